The number of anilines is 1. The third-order valence-corrected chi connectivity index (χ3v) is 3.62. The van der Waals surface area contributed by atoms with Gasteiger partial charge in [0.2, 0.25) is 0 Å². The second-order valence-corrected chi connectivity index (χ2v) is 4.63. The Balaban J connectivity index is 1.95. The van der Waals surface area contributed by atoms with E-state index in [9.17, 15) is 0 Å². The van der Waals surface area contributed by atoms with Crippen LogP contribution >= 0.6 is 0 Å². The van der Waals surface area contributed by atoms with Gasteiger partial charge in [-0.3, -0.25) is 0 Å². The van der Waals surface area contributed by atoms with Crippen LogP contribution in [0.5, 0.6) is 0 Å². The van der Waals surface area contributed by atoms with Gasteiger partial charge in [0.05, 0.1) is 19.3 Å². The summed E-state index contributed by atoms with van der Waals surface area (Å²) in [5.74, 6) is 1.09. The van der Waals surface area contributed by atoms with E-state index >= 15 is 0 Å². The highest BCUT2D eigenvalue weighted by atomic mass is 16.5. The van der Waals surface area contributed by atoms with E-state index in [2.05, 4.69) is 14.9 Å². The Bertz CT molecular complexity index is 409. The van der Waals surface area contributed by atoms with Crippen molar-refractivity contribution in [3.05, 3.63) is 17.6 Å². The Kier molecular flexibility index (Phi) is 2.94. The zero-order valence-electron chi connectivity index (χ0n) is 9.93. The fourth-order valence-electron chi connectivity index (χ4n) is 2.72. The molecular formula is C12H18N4O. The van der Waals surface area contributed by atoms with Gasteiger partial charge in [0.25, 0.3) is 0 Å². The largest absolute Gasteiger partial charge is 0.377 e. The van der Waals surface area contributed by atoms with Crippen LogP contribution in [-0.2, 0) is 17.6 Å². The Morgan fingerprint density at radius 3 is 3.24 bits per heavy atom. The van der Waals surface area contributed by atoms with Gasteiger partial charge in [-0.05, 0) is 19.3 Å². The second-order valence-electron chi connectivity index (χ2n) is 4.63. The molecule has 2 aliphatic rings. The van der Waals surface area contributed by atoms with E-state index in [1.54, 1.807) is 6.33 Å². The summed E-state index contributed by atoms with van der Waals surface area (Å²) in [5, 5.41) is 0. The van der Waals surface area contributed by atoms with E-state index in [0.29, 0.717) is 13.2 Å². The van der Waals surface area contributed by atoms with Crippen LogP contribution in [0, 0.1) is 0 Å². The molecule has 17 heavy (non-hydrogen) atoms. The standard InChI is InChI=1S/C12H18N4O/c13-6-9-7-17-5-4-16(9)12-10-2-1-3-11(10)14-8-15-12/h8-9H,1-7,13H2. The third-order valence-electron chi connectivity index (χ3n) is 3.62. The lowest BCUT2D eigenvalue weighted by molar-refractivity contribution is 0.0957. The molecule has 1 aliphatic carbocycles. The number of ether oxygens (including phenoxy) is 1. The van der Waals surface area contributed by atoms with Gasteiger partial charge < -0.3 is 15.4 Å². The first-order chi connectivity index (χ1) is 8.40. The first-order valence-electron chi connectivity index (χ1n) is 6.27. The molecule has 3 rings (SSSR count). The van der Waals surface area contributed by atoms with Crippen molar-refractivity contribution in [2.24, 2.45) is 5.73 Å². The van der Waals surface area contributed by atoms with Crippen molar-refractivity contribution in [2.75, 3.05) is 31.2 Å². The average Bonchev–Trinajstić information content (AvgIpc) is 2.86. The number of nitrogens with zero attached hydrogens (tertiary/aromatic N) is 3. The molecule has 0 saturated carbocycles. The number of aryl methyl sites for hydroxylation is 1. The number of aromatic nitrogens is 2. The summed E-state index contributed by atoms with van der Waals surface area (Å²) in [6, 6.07) is 0.253. The smallest absolute Gasteiger partial charge is 0.135 e. The first kappa shape index (κ1) is 10.9. The number of hydrogen-bond donors (Lipinski definition) is 1. The quantitative estimate of drug-likeness (QED) is 0.788. The van der Waals surface area contributed by atoms with Gasteiger partial charge in [-0.2, -0.15) is 0 Å². The van der Waals surface area contributed by atoms with Gasteiger partial charge in [0.15, 0.2) is 0 Å². The highest BCUT2D eigenvalue weighted by molar-refractivity contribution is 5.51. The van der Waals surface area contributed by atoms with Crippen LogP contribution < -0.4 is 10.6 Å². The number of hydrogen-bond acceptors (Lipinski definition) is 5. The first-order valence-corrected chi connectivity index (χ1v) is 6.27. The SMILES string of the molecule is NCC1COCCN1c1ncnc2c1CCC2. The van der Waals surface area contributed by atoms with Gasteiger partial charge in [0, 0.05) is 24.3 Å². The molecule has 0 bridgehead atoms. The molecule has 0 amide bonds. The molecule has 1 atom stereocenters. The second kappa shape index (κ2) is 4.58. The molecule has 92 valence electrons. The summed E-state index contributed by atoms with van der Waals surface area (Å²) in [6.07, 6.45) is 5.06. The maximum Gasteiger partial charge on any atom is 0.135 e. The van der Waals surface area contributed by atoms with Crippen LogP contribution in [0.25, 0.3) is 0 Å². The van der Waals surface area contributed by atoms with Crippen LogP contribution in [0.1, 0.15) is 17.7 Å². The molecule has 1 aromatic rings. The molecule has 0 spiro atoms. The molecule has 1 fully saturated rings. The van der Waals surface area contributed by atoms with Crippen molar-refractivity contribution in [1.29, 1.82) is 0 Å². The summed E-state index contributed by atoms with van der Waals surface area (Å²) in [7, 11) is 0. The highest BCUT2D eigenvalue weighted by Gasteiger charge is 2.27. The van der Waals surface area contributed by atoms with Gasteiger partial charge in [-0.25, -0.2) is 9.97 Å². The summed E-state index contributed by atoms with van der Waals surface area (Å²) < 4.78 is 5.48. The van der Waals surface area contributed by atoms with Crippen molar-refractivity contribution in [3.8, 4) is 0 Å². The van der Waals surface area contributed by atoms with Gasteiger partial charge in [-0.1, -0.05) is 0 Å². The zero-order chi connectivity index (χ0) is 11.7. The van der Waals surface area contributed by atoms with E-state index in [-0.39, 0.29) is 6.04 Å². The summed E-state index contributed by atoms with van der Waals surface area (Å²) in [4.78, 5) is 11.1. The van der Waals surface area contributed by atoms with Crippen LogP contribution in [-0.4, -0.2) is 42.3 Å². The van der Waals surface area contributed by atoms with Crippen molar-refractivity contribution < 1.29 is 4.74 Å². The normalized spacial score (nSPS) is 23.8. The van der Waals surface area contributed by atoms with Crippen LogP contribution in [0.3, 0.4) is 0 Å². The number of morpholine rings is 1. The molecule has 0 radical (unpaired) electrons. The average molecular weight is 234 g/mol. The summed E-state index contributed by atoms with van der Waals surface area (Å²) in [5.41, 5.74) is 8.36. The Labute approximate surface area is 101 Å². The van der Waals surface area contributed by atoms with E-state index in [1.807, 2.05) is 0 Å². The van der Waals surface area contributed by atoms with Crippen LogP contribution in [0.2, 0.25) is 0 Å². The monoisotopic (exact) mass is 234 g/mol. The molecule has 2 N–H and O–H groups in total. The molecule has 2 heterocycles. The highest BCUT2D eigenvalue weighted by Crippen LogP contribution is 2.29. The molecule has 0 aromatic carbocycles. The number of nitrogens with two attached hydrogens (primary N) is 1. The molecule has 1 unspecified atom stereocenters. The minimum Gasteiger partial charge on any atom is -0.377 e. The van der Waals surface area contributed by atoms with Crippen LogP contribution in [0.4, 0.5) is 5.82 Å². The van der Waals surface area contributed by atoms with Crippen LogP contribution in [0.15, 0.2) is 6.33 Å². The molecule has 1 aliphatic heterocycles. The van der Waals surface area contributed by atoms with Crippen molar-refractivity contribution in [2.45, 2.75) is 25.3 Å². The predicted octanol–water partition coefficient (Wildman–Crippen LogP) is 0.129. The predicted molar refractivity (Wildman–Crippen MR) is 65.1 cm³/mol. The molecule has 1 saturated heterocycles. The fourth-order valence-corrected chi connectivity index (χ4v) is 2.72. The minimum atomic E-state index is 0.253. The lowest BCUT2D eigenvalue weighted by atomic mass is 10.1. The van der Waals surface area contributed by atoms with E-state index in [0.717, 1.165) is 31.8 Å². The van der Waals surface area contributed by atoms with E-state index in [4.69, 9.17) is 10.5 Å². The molecule has 5 heteroatoms. The van der Waals surface area contributed by atoms with Crippen molar-refractivity contribution in [1.82, 2.24) is 9.97 Å². The Hall–Kier alpha value is -1.20. The Morgan fingerprint density at radius 1 is 1.41 bits per heavy atom. The number of rotatable bonds is 2. The minimum absolute atomic E-state index is 0.253. The summed E-state index contributed by atoms with van der Waals surface area (Å²) in [6.45, 7) is 2.95. The topological polar surface area (TPSA) is 64.3 Å². The summed E-state index contributed by atoms with van der Waals surface area (Å²) >= 11 is 0. The van der Waals surface area contributed by atoms with E-state index < -0.39 is 0 Å². The lowest BCUT2D eigenvalue weighted by Gasteiger charge is -2.36. The van der Waals surface area contributed by atoms with Gasteiger partial charge >= 0.3 is 0 Å². The zero-order valence-corrected chi connectivity index (χ0v) is 9.93. The number of fused-ring (bicyclic) bond motifs is 1. The molecule has 5 nitrogen and oxygen atoms in total. The fraction of sp³-hybridized carbons (Fsp3) is 0.667. The third kappa shape index (κ3) is 1.89. The van der Waals surface area contributed by atoms with Gasteiger partial charge in [-0.15, -0.1) is 0 Å². The maximum absolute atomic E-state index is 5.81. The lowest BCUT2D eigenvalue weighted by Crippen LogP contribution is -2.50. The van der Waals surface area contributed by atoms with Gasteiger partial charge in [0.1, 0.15) is 12.1 Å². The molecular weight excluding hydrogens is 216 g/mol. The van der Waals surface area contributed by atoms with Crippen molar-refractivity contribution >= 4 is 5.82 Å². The maximum atomic E-state index is 5.81. The Morgan fingerprint density at radius 2 is 2.35 bits per heavy atom. The van der Waals surface area contributed by atoms with E-state index in [1.165, 1.54) is 17.7 Å². The molecule has 1 aromatic heterocycles. The van der Waals surface area contributed by atoms with Crippen molar-refractivity contribution in [3.63, 3.8) is 0 Å².